The fourth-order valence-corrected chi connectivity index (χ4v) is 6.75. The normalized spacial score (nSPS) is 20.7. The Morgan fingerprint density at radius 1 is 1.13 bits per heavy atom. The van der Waals surface area contributed by atoms with Gasteiger partial charge in [0.15, 0.2) is 11.5 Å². The fraction of sp³-hybridized carbons (Fsp3) is 0.526. The maximum absolute atomic E-state index is 14.0. The molecule has 1 aliphatic carbocycles. The summed E-state index contributed by atoms with van der Waals surface area (Å²) in [5.74, 6) is 1.95. The van der Waals surface area contributed by atoms with E-state index >= 15 is 0 Å². The highest BCUT2D eigenvalue weighted by Crippen LogP contribution is 2.44. The summed E-state index contributed by atoms with van der Waals surface area (Å²) >= 11 is 0. The minimum absolute atomic E-state index is 0.00990. The van der Waals surface area contributed by atoms with Gasteiger partial charge in [0.05, 0.1) is 32.3 Å². The predicted octanol–water partition coefficient (Wildman–Crippen LogP) is 5.70. The summed E-state index contributed by atoms with van der Waals surface area (Å²) in [5.41, 5.74) is 10.5. The number of aliphatic hydroxyl groups excluding tert-OH is 1. The Morgan fingerprint density at radius 2 is 1.83 bits per heavy atom. The maximum Gasteiger partial charge on any atom is 0.232 e. The zero-order valence-corrected chi connectivity index (χ0v) is 29.0. The minimum atomic E-state index is -0.404. The van der Waals surface area contributed by atoms with Crippen molar-refractivity contribution < 1.29 is 24.2 Å². The van der Waals surface area contributed by atoms with Gasteiger partial charge in [-0.15, -0.1) is 0 Å². The first-order chi connectivity index (χ1) is 22.6. The first kappa shape index (κ1) is 36.0. The summed E-state index contributed by atoms with van der Waals surface area (Å²) in [6.07, 6.45) is 10.5. The number of anilines is 2. The molecular formula is C38H54N4O5. The molecule has 1 saturated carbocycles. The van der Waals surface area contributed by atoms with Crippen LogP contribution in [-0.2, 0) is 16.0 Å². The molecule has 9 nitrogen and oxygen atoms in total. The van der Waals surface area contributed by atoms with Crippen LogP contribution >= 0.6 is 0 Å². The van der Waals surface area contributed by atoms with Crippen molar-refractivity contribution in [3.63, 3.8) is 0 Å². The van der Waals surface area contributed by atoms with Crippen molar-refractivity contribution in [1.82, 2.24) is 5.32 Å². The van der Waals surface area contributed by atoms with Crippen molar-refractivity contribution in [2.45, 2.75) is 84.4 Å². The van der Waals surface area contributed by atoms with Crippen LogP contribution in [0.1, 0.15) is 77.0 Å². The summed E-state index contributed by atoms with van der Waals surface area (Å²) < 4.78 is 11.8. The standard InChI is InChI=1S/C38H54N4O5/c1-7-9-28(10-8-19-43)37-33-22-35(47-25(2)3)34(46-6)20-30(33)21-36(44)42(37)32-17-15-31(16-18-32)41(5)24-27-11-13-29(14-12-27)38(45)40-23-26(4)39/h8-10,15-18,20,22,25-27,29,37,43H,7,11-14,19,21,23-24,39H2,1-6H3,(H,40,45)/b10-8-,28-9+/t26-,27?,29?,37?/m0/s1. The zero-order chi connectivity index (χ0) is 34.1. The molecule has 47 heavy (non-hydrogen) atoms. The van der Waals surface area contributed by atoms with Crippen LogP contribution in [0.3, 0.4) is 0 Å². The van der Waals surface area contributed by atoms with Crippen LogP contribution in [0.15, 0.2) is 60.2 Å². The van der Waals surface area contributed by atoms with E-state index in [1.807, 2.05) is 56.0 Å². The molecule has 0 saturated heterocycles. The Hall–Kier alpha value is -3.82. The molecular weight excluding hydrogens is 592 g/mol. The topological polar surface area (TPSA) is 117 Å². The van der Waals surface area contributed by atoms with Gasteiger partial charge in [-0.3, -0.25) is 9.59 Å². The van der Waals surface area contributed by atoms with Gasteiger partial charge >= 0.3 is 0 Å². The van der Waals surface area contributed by atoms with Gasteiger partial charge in [-0.05, 0) is 112 Å². The molecule has 0 bridgehead atoms. The number of ether oxygens (including phenoxy) is 2. The third-order valence-corrected chi connectivity index (χ3v) is 9.04. The molecule has 2 aliphatic rings. The molecule has 1 aliphatic heterocycles. The van der Waals surface area contributed by atoms with Gasteiger partial charge < -0.3 is 35.4 Å². The van der Waals surface area contributed by atoms with Gasteiger partial charge in [0.1, 0.15) is 0 Å². The number of carbonyl (C=O) groups excluding carboxylic acids is 2. The minimum Gasteiger partial charge on any atom is -0.493 e. The average Bonchev–Trinajstić information content (AvgIpc) is 3.05. The van der Waals surface area contributed by atoms with Crippen LogP contribution in [0.4, 0.5) is 11.4 Å². The molecule has 0 spiro atoms. The van der Waals surface area contributed by atoms with E-state index in [0.717, 1.165) is 66.7 Å². The number of hydrogen-bond acceptors (Lipinski definition) is 7. The number of aliphatic hydroxyl groups is 1. The Morgan fingerprint density at radius 3 is 2.43 bits per heavy atom. The van der Waals surface area contributed by atoms with Crippen LogP contribution in [0.5, 0.6) is 11.5 Å². The predicted molar refractivity (Wildman–Crippen MR) is 189 cm³/mol. The molecule has 0 aromatic heterocycles. The Kier molecular flexibility index (Phi) is 12.9. The third-order valence-electron chi connectivity index (χ3n) is 9.04. The van der Waals surface area contributed by atoms with Gasteiger partial charge in [-0.1, -0.05) is 25.2 Å². The monoisotopic (exact) mass is 646 g/mol. The summed E-state index contributed by atoms with van der Waals surface area (Å²) in [4.78, 5) is 30.6. The van der Waals surface area contributed by atoms with Crippen LogP contribution in [0.2, 0.25) is 0 Å². The quantitative estimate of drug-likeness (QED) is 0.225. The van der Waals surface area contributed by atoms with Crippen molar-refractivity contribution >= 4 is 23.2 Å². The van der Waals surface area contributed by atoms with E-state index in [9.17, 15) is 14.7 Å². The lowest BCUT2D eigenvalue weighted by atomic mass is 9.81. The van der Waals surface area contributed by atoms with Crippen molar-refractivity contribution in [3.8, 4) is 11.5 Å². The van der Waals surface area contributed by atoms with E-state index < -0.39 is 6.04 Å². The van der Waals surface area contributed by atoms with Crippen LogP contribution in [-0.4, -0.2) is 62.9 Å². The van der Waals surface area contributed by atoms with Gasteiger partial charge in [-0.25, -0.2) is 0 Å². The fourth-order valence-electron chi connectivity index (χ4n) is 6.75. The smallest absolute Gasteiger partial charge is 0.232 e. The molecule has 1 heterocycles. The van der Waals surface area contributed by atoms with Gasteiger partial charge in [0.2, 0.25) is 11.8 Å². The van der Waals surface area contributed by atoms with Crippen molar-refractivity contribution in [2.24, 2.45) is 17.6 Å². The van der Waals surface area contributed by atoms with E-state index in [2.05, 4.69) is 42.4 Å². The Balaban J connectivity index is 1.57. The molecule has 1 fully saturated rings. The number of nitrogens with zero attached hydrogens (tertiary/aromatic N) is 2. The highest BCUT2D eigenvalue weighted by Gasteiger charge is 2.36. The summed E-state index contributed by atoms with van der Waals surface area (Å²) in [7, 11) is 3.72. The van der Waals surface area contributed by atoms with E-state index in [1.165, 1.54) is 0 Å². The first-order valence-electron chi connectivity index (χ1n) is 17.1. The lowest BCUT2D eigenvalue weighted by molar-refractivity contribution is -0.126. The van der Waals surface area contributed by atoms with E-state index in [4.69, 9.17) is 15.2 Å². The number of carbonyl (C=O) groups is 2. The van der Waals surface area contributed by atoms with Crippen LogP contribution in [0.25, 0.3) is 0 Å². The lowest BCUT2D eigenvalue weighted by Crippen LogP contribution is -2.41. The Bertz CT molecular complexity index is 1410. The first-order valence-corrected chi connectivity index (χ1v) is 17.1. The molecule has 4 rings (SSSR count). The number of methoxy groups -OCH3 is 1. The molecule has 2 amide bonds. The van der Waals surface area contributed by atoms with E-state index in [1.54, 1.807) is 13.2 Å². The molecule has 1 unspecified atom stereocenters. The summed E-state index contributed by atoms with van der Waals surface area (Å²) in [6.45, 7) is 9.25. The molecule has 4 N–H and O–H groups in total. The second kappa shape index (κ2) is 16.8. The Labute approximate surface area is 280 Å². The number of benzene rings is 2. The molecule has 0 radical (unpaired) electrons. The summed E-state index contributed by atoms with van der Waals surface area (Å²) in [6, 6.07) is 11.7. The zero-order valence-electron chi connectivity index (χ0n) is 29.0. The van der Waals surface area contributed by atoms with Crippen molar-refractivity contribution in [2.75, 3.05) is 43.7 Å². The average molecular weight is 647 g/mol. The van der Waals surface area contributed by atoms with Gasteiger partial charge in [0.25, 0.3) is 0 Å². The van der Waals surface area contributed by atoms with Crippen LogP contribution in [0, 0.1) is 11.8 Å². The largest absolute Gasteiger partial charge is 0.493 e. The number of hydrogen-bond donors (Lipinski definition) is 3. The van der Waals surface area contributed by atoms with E-state index in [0.29, 0.717) is 24.0 Å². The number of nitrogens with one attached hydrogen (secondary N) is 1. The number of rotatable bonds is 14. The number of nitrogens with two attached hydrogens (primary N) is 1. The molecule has 2 aromatic rings. The van der Waals surface area contributed by atoms with Crippen molar-refractivity contribution in [1.29, 1.82) is 0 Å². The number of allylic oxidation sites excluding steroid dienone is 1. The molecule has 2 atom stereocenters. The van der Waals surface area contributed by atoms with Gasteiger partial charge in [-0.2, -0.15) is 0 Å². The van der Waals surface area contributed by atoms with E-state index in [-0.39, 0.29) is 42.9 Å². The van der Waals surface area contributed by atoms with Gasteiger partial charge in [0, 0.05) is 43.5 Å². The molecule has 9 heteroatoms. The van der Waals surface area contributed by atoms with Crippen molar-refractivity contribution in [3.05, 3.63) is 71.3 Å². The molecule has 2 aromatic carbocycles. The number of amides is 2. The summed E-state index contributed by atoms with van der Waals surface area (Å²) in [5, 5.41) is 12.6. The third kappa shape index (κ3) is 9.17. The maximum atomic E-state index is 14.0. The second-order valence-corrected chi connectivity index (χ2v) is 13.2. The highest BCUT2D eigenvalue weighted by molar-refractivity contribution is 5.98. The second-order valence-electron chi connectivity index (χ2n) is 13.2. The lowest BCUT2D eigenvalue weighted by Gasteiger charge is -2.39. The SMILES string of the molecule is CC/C=C(\C=C/CO)C1c2cc(OC(C)C)c(OC)cc2CC(=O)N1c1ccc(N(C)CC2CCC(C(=O)NC[C@H](C)N)CC2)cc1. The molecule has 256 valence electrons. The number of fused-ring (bicyclic) bond motifs is 1. The highest BCUT2D eigenvalue weighted by atomic mass is 16.5. The van der Waals surface area contributed by atoms with Crippen LogP contribution < -0.4 is 30.3 Å².